The fourth-order valence-corrected chi connectivity index (χ4v) is 3.45. The van der Waals surface area contributed by atoms with Crippen molar-refractivity contribution in [3.05, 3.63) is 33.4 Å². The third-order valence-electron chi connectivity index (χ3n) is 4.99. The van der Waals surface area contributed by atoms with Crippen LogP contribution < -0.4 is 5.63 Å². The van der Waals surface area contributed by atoms with Gasteiger partial charge in [0.1, 0.15) is 17.9 Å². The maximum absolute atomic E-state index is 12.9. The molecule has 7 heteroatoms. The van der Waals surface area contributed by atoms with E-state index in [1.165, 1.54) is 7.11 Å². The lowest BCUT2D eigenvalue weighted by Gasteiger charge is -2.22. The molecule has 2 rings (SSSR count). The summed E-state index contributed by atoms with van der Waals surface area (Å²) in [6.45, 7) is 7.82. The SMILES string of the molecule is CCCC(C)c1cc(C)c(C(=O)N2CCCN(C(=O)COC)CC2)c(=O)o1. The van der Waals surface area contributed by atoms with E-state index < -0.39 is 5.63 Å². The summed E-state index contributed by atoms with van der Waals surface area (Å²) in [5.74, 6) is 0.362. The second-order valence-electron chi connectivity index (χ2n) is 7.14. The van der Waals surface area contributed by atoms with Gasteiger partial charge in [-0.05, 0) is 31.4 Å². The van der Waals surface area contributed by atoms with E-state index >= 15 is 0 Å². The van der Waals surface area contributed by atoms with Crippen LogP contribution in [0, 0.1) is 6.92 Å². The molecule has 0 aromatic carbocycles. The predicted molar refractivity (Wildman–Crippen MR) is 102 cm³/mol. The molecule has 1 aliphatic rings. The molecule has 1 unspecified atom stereocenters. The van der Waals surface area contributed by atoms with Crippen LogP contribution in [0.3, 0.4) is 0 Å². The molecule has 1 fully saturated rings. The van der Waals surface area contributed by atoms with Gasteiger partial charge in [-0.15, -0.1) is 0 Å². The fraction of sp³-hybridized carbons (Fsp3) is 0.650. The van der Waals surface area contributed by atoms with E-state index in [1.807, 2.05) is 6.92 Å². The van der Waals surface area contributed by atoms with Gasteiger partial charge in [0.2, 0.25) is 5.91 Å². The molecule has 0 radical (unpaired) electrons. The summed E-state index contributed by atoms with van der Waals surface area (Å²) in [7, 11) is 1.48. The molecule has 0 saturated carbocycles. The molecule has 0 bridgehead atoms. The summed E-state index contributed by atoms with van der Waals surface area (Å²) in [5, 5.41) is 0. The third kappa shape index (κ3) is 5.19. The van der Waals surface area contributed by atoms with Gasteiger partial charge in [-0.25, -0.2) is 4.79 Å². The minimum Gasteiger partial charge on any atom is -0.427 e. The van der Waals surface area contributed by atoms with Crippen LogP contribution in [0.4, 0.5) is 0 Å². The standard InChI is InChI=1S/C20H30N2O5/c1-5-7-14(2)16-12-15(3)18(20(25)27-16)19(24)22-9-6-8-21(10-11-22)17(23)13-26-4/h12,14H,5-11,13H2,1-4H3. The van der Waals surface area contributed by atoms with Gasteiger partial charge in [-0.3, -0.25) is 9.59 Å². The van der Waals surface area contributed by atoms with Crippen LogP contribution in [0.1, 0.15) is 60.7 Å². The summed E-state index contributed by atoms with van der Waals surface area (Å²) < 4.78 is 10.3. The highest BCUT2D eigenvalue weighted by Crippen LogP contribution is 2.21. The lowest BCUT2D eigenvalue weighted by Crippen LogP contribution is -2.40. The smallest absolute Gasteiger partial charge is 0.349 e. The van der Waals surface area contributed by atoms with Crippen molar-refractivity contribution in [2.45, 2.75) is 46.0 Å². The molecule has 0 spiro atoms. The average molecular weight is 378 g/mol. The molecule has 7 nitrogen and oxygen atoms in total. The highest BCUT2D eigenvalue weighted by atomic mass is 16.5. The number of hydrogen-bond acceptors (Lipinski definition) is 5. The van der Waals surface area contributed by atoms with E-state index in [4.69, 9.17) is 9.15 Å². The molecular formula is C20H30N2O5. The molecule has 0 N–H and O–H groups in total. The maximum atomic E-state index is 12.9. The highest BCUT2D eigenvalue weighted by Gasteiger charge is 2.26. The molecule has 150 valence electrons. The van der Waals surface area contributed by atoms with Crippen molar-refractivity contribution in [1.29, 1.82) is 0 Å². The van der Waals surface area contributed by atoms with Crippen molar-refractivity contribution in [2.75, 3.05) is 39.9 Å². The second kappa shape index (κ2) is 9.69. The number of methoxy groups -OCH3 is 1. The Morgan fingerprint density at radius 3 is 2.52 bits per heavy atom. The lowest BCUT2D eigenvalue weighted by molar-refractivity contribution is -0.135. The zero-order valence-electron chi connectivity index (χ0n) is 16.7. The van der Waals surface area contributed by atoms with Crippen LogP contribution in [0.15, 0.2) is 15.3 Å². The summed E-state index contributed by atoms with van der Waals surface area (Å²) in [4.78, 5) is 40.8. The summed E-state index contributed by atoms with van der Waals surface area (Å²) >= 11 is 0. The first-order valence-corrected chi connectivity index (χ1v) is 9.59. The van der Waals surface area contributed by atoms with Crippen LogP contribution in [-0.4, -0.2) is 61.5 Å². The zero-order chi connectivity index (χ0) is 20.0. The van der Waals surface area contributed by atoms with Gasteiger partial charge in [0.15, 0.2) is 0 Å². The zero-order valence-corrected chi connectivity index (χ0v) is 16.7. The van der Waals surface area contributed by atoms with Crippen molar-refractivity contribution in [1.82, 2.24) is 9.80 Å². The van der Waals surface area contributed by atoms with Crippen molar-refractivity contribution in [3.63, 3.8) is 0 Å². The van der Waals surface area contributed by atoms with Gasteiger partial charge in [0.05, 0.1) is 0 Å². The Morgan fingerprint density at radius 2 is 1.89 bits per heavy atom. The first kappa shape index (κ1) is 21.2. The Balaban J connectivity index is 2.15. The minimum atomic E-state index is -0.575. The molecule has 2 amide bonds. The van der Waals surface area contributed by atoms with Gasteiger partial charge in [-0.1, -0.05) is 20.3 Å². The number of carbonyl (C=O) groups is 2. The third-order valence-corrected chi connectivity index (χ3v) is 4.99. The monoisotopic (exact) mass is 378 g/mol. The van der Waals surface area contributed by atoms with E-state index in [9.17, 15) is 14.4 Å². The lowest BCUT2D eigenvalue weighted by atomic mass is 10.0. The van der Waals surface area contributed by atoms with Gasteiger partial charge in [-0.2, -0.15) is 0 Å². The number of amides is 2. The van der Waals surface area contributed by atoms with Crippen LogP contribution in [-0.2, 0) is 9.53 Å². The van der Waals surface area contributed by atoms with Gasteiger partial charge in [0.25, 0.3) is 5.91 Å². The molecular weight excluding hydrogens is 348 g/mol. The van der Waals surface area contributed by atoms with Crippen molar-refractivity contribution < 1.29 is 18.7 Å². The molecule has 1 aromatic rings. The molecule has 2 heterocycles. The van der Waals surface area contributed by atoms with E-state index in [0.29, 0.717) is 43.9 Å². The summed E-state index contributed by atoms with van der Waals surface area (Å²) in [6.07, 6.45) is 2.58. The second-order valence-corrected chi connectivity index (χ2v) is 7.14. The highest BCUT2D eigenvalue weighted by molar-refractivity contribution is 5.95. The number of hydrogen-bond donors (Lipinski definition) is 0. The number of rotatable bonds is 6. The normalized spacial score (nSPS) is 16.1. The molecule has 1 atom stereocenters. The first-order valence-electron chi connectivity index (χ1n) is 9.59. The first-order chi connectivity index (χ1) is 12.9. The van der Waals surface area contributed by atoms with Crippen LogP contribution in [0.5, 0.6) is 0 Å². The Kier molecular flexibility index (Phi) is 7.59. The molecule has 1 aliphatic heterocycles. The van der Waals surface area contributed by atoms with Gasteiger partial charge < -0.3 is 19.0 Å². The van der Waals surface area contributed by atoms with E-state index in [-0.39, 0.29) is 29.9 Å². The molecule has 1 aromatic heterocycles. The van der Waals surface area contributed by atoms with Crippen LogP contribution >= 0.6 is 0 Å². The number of ether oxygens (including phenoxy) is 1. The van der Waals surface area contributed by atoms with Crippen LogP contribution in [0.25, 0.3) is 0 Å². The predicted octanol–water partition coefficient (Wildman–Crippen LogP) is 2.17. The van der Waals surface area contributed by atoms with E-state index in [0.717, 1.165) is 12.8 Å². The van der Waals surface area contributed by atoms with Gasteiger partial charge in [0, 0.05) is 39.2 Å². The molecule has 27 heavy (non-hydrogen) atoms. The Morgan fingerprint density at radius 1 is 1.22 bits per heavy atom. The van der Waals surface area contributed by atoms with Crippen molar-refractivity contribution in [2.24, 2.45) is 0 Å². The summed E-state index contributed by atoms with van der Waals surface area (Å²) in [5.41, 5.74) is 0.166. The largest absolute Gasteiger partial charge is 0.427 e. The average Bonchev–Trinajstić information content (AvgIpc) is 2.87. The summed E-state index contributed by atoms with van der Waals surface area (Å²) in [6, 6.07) is 1.81. The van der Waals surface area contributed by atoms with E-state index in [2.05, 4.69) is 6.92 Å². The Bertz CT molecular complexity index is 728. The molecule has 0 aliphatic carbocycles. The van der Waals surface area contributed by atoms with Crippen molar-refractivity contribution >= 4 is 11.8 Å². The Hall–Kier alpha value is -2.15. The number of carbonyl (C=O) groups excluding carboxylic acids is 2. The molecule has 1 saturated heterocycles. The van der Waals surface area contributed by atoms with Crippen molar-refractivity contribution in [3.8, 4) is 0 Å². The maximum Gasteiger partial charge on any atom is 0.349 e. The van der Waals surface area contributed by atoms with E-state index in [1.54, 1.807) is 22.8 Å². The Labute approximate surface area is 160 Å². The minimum absolute atomic E-state index is 0.0358. The fourth-order valence-electron chi connectivity index (χ4n) is 3.45. The number of nitrogens with zero attached hydrogens (tertiary/aromatic N) is 2. The topological polar surface area (TPSA) is 80.1 Å². The van der Waals surface area contributed by atoms with Crippen LogP contribution in [0.2, 0.25) is 0 Å². The number of aryl methyl sites for hydroxylation is 1. The van der Waals surface area contributed by atoms with Gasteiger partial charge >= 0.3 is 5.63 Å². The quantitative estimate of drug-likeness (QED) is 0.758.